The fourth-order valence-electron chi connectivity index (χ4n) is 3.83. The van der Waals surface area contributed by atoms with Gasteiger partial charge in [0, 0.05) is 16.6 Å². The van der Waals surface area contributed by atoms with Crippen LogP contribution in [0.25, 0.3) is 5.76 Å². The number of hydrogen-bond donors (Lipinski definition) is 1. The molecule has 1 aliphatic rings. The smallest absolute Gasteiger partial charge is 0.295 e. The van der Waals surface area contributed by atoms with Gasteiger partial charge in [-0.2, -0.15) is 0 Å². The fourth-order valence-corrected chi connectivity index (χ4v) is 4.24. The molecule has 1 unspecified atom stereocenters. The van der Waals surface area contributed by atoms with Crippen LogP contribution < -0.4 is 0 Å². The van der Waals surface area contributed by atoms with Gasteiger partial charge in [-0.05, 0) is 70.2 Å². The minimum absolute atomic E-state index is 0.116. The average molecular weight is 471 g/mol. The zero-order valence-electron chi connectivity index (χ0n) is 17.8. The first-order chi connectivity index (χ1) is 14.2. The number of benzene rings is 2. The Balaban J connectivity index is 2.15. The second-order valence-electron chi connectivity index (χ2n) is 8.02. The van der Waals surface area contributed by atoms with E-state index in [1.165, 1.54) is 0 Å². The number of aryl methyl sites for hydroxylation is 2. The summed E-state index contributed by atoms with van der Waals surface area (Å²) >= 11 is 3.48. The quantitative estimate of drug-likeness (QED) is 0.385. The number of amides is 1. The van der Waals surface area contributed by atoms with E-state index < -0.39 is 17.7 Å². The van der Waals surface area contributed by atoms with Gasteiger partial charge in [0.05, 0.1) is 11.6 Å². The highest BCUT2D eigenvalue weighted by atomic mass is 79.9. The van der Waals surface area contributed by atoms with Crippen molar-refractivity contribution < 1.29 is 14.7 Å². The van der Waals surface area contributed by atoms with E-state index in [1.807, 2.05) is 75.3 Å². The lowest BCUT2D eigenvalue weighted by atomic mass is 9.93. The van der Waals surface area contributed by atoms with Gasteiger partial charge in [-0.1, -0.05) is 45.8 Å². The van der Waals surface area contributed by atoms with Gasteiger partial charge in [-0.25, -0.2) is 0 Å². The molecule has 158 valence electrons. The standard InChI is InChI=1S/C24H27BrN2O3/c1-15-9-10-16(2)19(13-15)22(28)20-21(17-7-5-8-18(25)14-17)27(24(30)23(20)29)12-6-11-26(3)4/h5,7-10,13-14,21,28H,6,11-12H2,1-4H3. The number of rotatable bonds is 6. The van der Waals surface area contributed by atoms with Crippen molar-refractivity contribution in [3.63, 3.8) is 0 Å². The lowest BCUT2D eigenvalue weighted by Gasteiger charge is -2.26. The first-order valence-electron chi connectivity index (χ1n) is 9.97. The highest BCUT2D eigenvalue weighted by Crippen LogP contribution is 2.40. The molecule has 2 aromatic rings. The Morgan fingerprint density at radius 3 is 2.53 bits per heavy atom. The summed E-state index contributed by atoms with van der Waals surface area (Å²) in [7, 11) is 3.95. The maximum absolute atomic E-state index is 13.1. The van der Waals surface area contributed by atoms with Gasteiger partial charge in [0.1, 0.15) is 5.76 Å². The number of aliphatic hydroxyl groups is 1. The van der Waals surface area contributed by atoms with Crippen LogP contribution in [0.1, 0.15) is 34.7 Å². The summed E-state index contributed by atoms with van der Waals surface area (Å²) in [5.74, 6) is -1.32. The summed E-state index contributed by atoms with van der Waals surface area (Å²) < 4.78 is 0.852. The molecule has 1 N–H and O–H groups in total. The van der Waals surface area contributed by atoms with Crippen molar-refractivity contribution in [2.45, 2.75) is 26.3 Å². The second kappa shape index (κ2) is 9.14. The summed E-state index contributed by atoms with van der Waals surface area (Å²) in [5.41, 5.74) is 3.35. The Kier molecular flexibility index (Phi) is 6.78. The van der Waals surface area contributed by atoms with Crippen molar-refractivity contribution in [1.82, 2.24) is 9.80 Å². The number of hydrogen-bond acceptors (Lipinski definition) is 4. The van der Waals surface area contributed by atoms with Crippen molar-refractivity contribution in [3.05, 3.63) is 74.8 Å². The minimum Gasteiger partial charge on any atom is -0.507 e. The van der Waals surface area contributed by atoms with E-state index in [1.54, 1.807) is 4.90 Å². The third-order valence-electron chi connectivity index (χ3n) is 5.36. The summed E-state index contributed by atoms with van der Waals surface area (Å²) in [4.78, 5) is 29.6. The van der Waals surface area contributed by atoms with E-state index in [0.29, 0.717) is 12.1 Å². The van der Waals surface area contributed by atoms with Crippen molar-refractivity contribution in [1.29, 1.82) is 0 Å². The molecule has 0 saturated carbocycles. The van der Waals surface area contributed by atoms with Gasteiger partial charge >= 0.3 is 0 Å². The molecule has 3 rings (SSSR count). The van der Waals surface area contributed by atoms with Crippen LogP contribution in [0, 0.1) is 13.8 Å². The Hall–Kier alpha value is -2.44. The van der Waals surface area contributed by atoms with Crippen molar-refractivity contribution in [3.8, 4) is 0 Å². The van der Waals surface area contributed by atoms with Crippen LogP contribution >= 0.6 is 15.9 Å². The number of carbonyl (C=O) groups excluding carboxylic acids is 2. The molecule has 1 aliphatic heterocycles. The number of halogens is 1. The van der Waals surface area contributed by atoms with E-state index in [0.717, 1.165) is 34.1 Å². The molecule has 6 heteroatoms. The molecule has 2 aromatic carbocycles. The monoisotopic (exact) mass is 470 g/mol. The Labute approximate surface area is 186 Å². The van der Waals surface area contributed by atoms with Gasteiger partial charge in [-0.3, -0.25) is 9.59 Å². The number of Topliss-reactive ketones (excluding diaryl/α,β-unsaturated/α-hetero) is 1. The number of carbonyl (C=O) groups is 2. The molecule has 1 fully saturated rings. The minimum atomic E-state index is -0.636. The van der Waals surface area contributed by atoms with Crippen LogP contribution in [0.3, 0.4) is 0 Å². The number of aliphatic hydroxyl groups excluding tert-OH is 1. The van der Waals surface area contributed by atoms with Crippen molar-refractivity contribution in [2.75, 3.05) is 27.2 Å². The maximum atomic E-state index is 13.1. The summed E-state index contributed by atoms with van der Waals surface area (Å²) in [6, 6.07) is 12.6. The fraction of sp³-hybridized carbons (Fsp3) is 0.333. The number of ketones is 1. The summed E-state index contributed by atoms with van der Waals surface area (Å²) in [5, 5.41) is 11.2. The second-order valence-corrected chi connectivity index (χ2v) is 8.94. The van der Waals surface area contributed by atoms with Gasteiger partial charge in [0.25, 0.3) is 11.7 Å². The molecular formula is C24H27BrN2O3. The molecule has 0 aliphatic carbocycles. The van der Waals surface area contributed by atoms with E-state index >= 15 is 0 Å². The van der Waals surface area contributed by atoms with E-state index in [9.17, 15) is 14.7 Å². The van der Waals surface area contributed by atoms with Crippen LogP contribution in [-0.2, 0) is 9.59 Å². The maximum Gasteiger partial charge on any atom is 0.295 e. The molecule has 5 nitrogen and oxygen atoms in total. The molecule has 30 heavy (non-hydrogen) atoms. The molecule has 1 atom stereocenters. The van der Waals surface area contributed by atoms with Crippen LogP contribution in [0.4, 0.5) is 0 Å². The first kappa shape index (κ1) is 22.2. The topological polar surface area (TPSA) is 60.9 Å². The Bertz CT molecular complexity index is 1010. The highest BCUT2D eigenvalue weighted by molar-refractivity contribution is 9.10. The zero-order chi connectivity index (χ0) is 22.0. The van der Waals surface area contributed by atoms with Crippen LogP contribution in [0.5, 0.6) is 0 Å². The van der Waals surface area contributed by atoms with Gasteiger partial charge in [0.15, 0.2) is 0 Å². The molecule has 0 radical (unpaired) electrons. The molecular weight excluding hydrogens is 444 g/mol. The van der Waals surface area contributed by atoms with Crippen LogP contribution in [0.15, 0.2) is 52.5 Å². The van der Waals surface area contributed by atoms with Crippen LogP contribution in [0.2, 0.25) is 0 Å². The first-order valence-corrected chi connectivity index (χ1v) is 10.8. The summed E-state index contributed by atoms with van der Waals surface area (Å²) in [6.07, 6.45) is 0.730. The van der Waals surface area contributed by atoms with E-state index in [-0.39, 0.29) is 11.3 Å². The SMILES string of the molecule is Cc1ccc(C)c(C(O)=C2C(=O)C(=O)N(CCCN(C)C)C2c2cccc(Br)c2)c1. The third kappa shape index (κ3) is 4.50. The van der Waals surface area contributed by atoms with Crippen molar-refractivity contribution >= 4 is 33.4 Å². The highest BCUT2D eigenvalue weighted by Gasteiger charge is 2.45. The van der Waals surface area contributed by atoms with E-state index in [4.69, 9.17) is 0 Å². The van der Waals surface area contributed by atoms with Gasteiger partial charge in [-0.15, -0.1) is 0 Å². The van der Waals surface area contributed by atoms with Crippen molar-refractivity contribution in [2.24, 2.45) is 0 Å². The molecule has 0 spiro atoms. The lowest BCUT2D eigenvalue weighted by Crippen LogP contribution is -2.32. The normalized spacial score (nSPS) is 18.5. The predicted molar refractivity (Wildman–Crippen MR) is 122 cm³/mol. The van der Waals surface area contributed by atoms with Gasteiger partial charge in [0.2, 0.25) is 0 Å². The Morgan fingerprint density at radius 1 is 1.13 bits per heavy atom. The van der Waals surface area contributed by atoms with Crippen LogP contribution in [-0.4, -0.2) is 53.8 Å². The summed E-state index contributed by atoms with van der Waals surface area (Å²) in [6.45, 7) is 5.05. The number of likely N-dealkylation sites (tertiary alicyclic amines) is 1. The molecule has 1 saturated heterocycles. The number of nitrogens with zero attached hydrogens (tertiary/aromatic N) is 2. The largest absolute Gasteiger partial charge is 0.507 e. The third-order valence-corrected chi connectivity index (χ3v) is 5.85. The zero-order valence-corrected chi connectivity index (χ0v) is 19.4. The Morgan fingerprint density at radius 2 is 1.87 bits per heavy atom. The lowest BCUT2D eigenvalue weighted by molar-refractivity contribution is -0.139. The molecule has 0 aromatic heterocycles. The average Bonchev–Trinajstić information content (AvgIpc) is 2.94. The van der Waals surface area contributed by atoms with E-state index in [2.05, 4.69) is 15.9 Å². The predicted octanol–water partition coefficient (Wildman–Crippen LogP) is 4.44. The van der Waals surface area contributed by atoms with Gasteiger partial charge < -0.3 is 14.9 Å². The molecule has 0 bridgehead atoms. The molecule has 1 amide bonds. The molecule has 1 heterocycles.